The van der Waals surface area contributed by atoms with Crippen LogP contribution in [-0.2, 0) is 0 Å². The van der Waals surface area contributed by atoms with E-state index in [2.05, 4.69) is 19.3 Å². The van der Waals surface area contributed by atoms with E-state index in [9.17, 15) is 0 Å². The van der Waals surface area contributed by atoms with Crippen LogP contribution in [0, 0.1) is 0 Å². The molecule has 0 fully saturated rings. The molecule has 12 heteroatoms. The molecule has 0 aliphatic carbocycles. The number of hydrazone groups is 1. The maximum atomic E-state index is 6.14. The summed E-state index contributed by atoms with van der Waals surface area (Å²) in [5, 5.41) is 1.62. The van der Waals surface area contributed by atoms with E-state index in [1.54, 1.807) is 12.1 Å². The first kappa shape index (κ1) is 23.2. The second-order valence-corrected chi connectivity index (χ2v) is 63.6. The van der Waals surface area contributed by atoms with Crippen molar-refractivity contribution in [1.82, 2.24) is 5.43 Å². The van der Waals surface area contributed by atoms with E-state index >= 15 is 0 Å². The summed E-state index contributed by atoms with van der Waals surface area (Å²) < 4.78 is 1.86. The molecule has 0 saturated heterocycles. The molecule has 134 valence electrons. The summed E-state index contributed by atoms with van der Waals surface area (Å²) in [6, 6.07) is 3.37. The molecule has 23 heavy (non-hydrogen) atoms. The molecule has 1 aliphatic heterocycles. The van der Waals surface area contributed by atoms with E-state index in [0.29, 0.717) is 15.1 Å². The van der Waals surface area contributed by atoms with Crippen molar-refractivity contribution in [3.8, 4) is 0 Å². The Bertz CT molecular complexity index is 614. The molecule has 2 rings (SSSR count). The zero-order chi connectivity index (χ0) is 18.3. The van der Waals surface area contributed by atoms with Gasteiger partial charge in [-0.25, -0.2) is 0 Å². The molecule has 0 aromatic heterocycles. The van der Waals surface area contributed by atoms with E-state index in [-0.39, 0.29) is 5.54 Å². The van der Waals surface area contributed by atoms with Gasteiger partial charge in [0.2, 0.25) is 0 Å². The number of benzene rings is 1. The van der Waals surface area contributed by atoms with Gasteiger partial charge < -0.3 is 0 Å². The molecule has 1 aliphatic rings. The fourth-order valence-electron chi connectivity index (χ4n) is 1.65. The fraction of sp³-hybridized carbons (Fsp3) is 0.364. The van der Waals surface area contributed by atoms with Gasteiger partial charge in [0.1, 0.15) is 10.0 Å². The molecular formula is C11H12Cl9N2Sb. The Labute approximate surface area is 170 Å². The first-order valence-corrected chi connectivity index (χ1v) is 26.5. The summed E-state index contributed by atoms with van der Waals surface area (Å²) in [6.07, 6.45) is 2.95. The van der Waals surface area contributed by atoms with Gasteiger partial charge in [0.15, 0.2) is 6.21 Å². The Morgan fingerprint density at radius 2 is 1.35 bits per heavy atom. The van der Waals surface area contributed by atoms with Crippen LogP contribution < -0.4 is 5.43 Å². The average molecular weight is 613 g/mol. The number of rotatable bonds is 1. The van der Waals surface area contributed by atoms with Crippen LogP contribution in [0.15, 0.2) is 12.1 Å². The van der Waals surface area contributed by atoms with Gasteiger partial charge in [-0.05, 0) is 26.0 Å². The summed E-state index contributed by atoms with van der Waals surface area (Å²) in [4.78, 5) is 0. The van der Waals surface area contributed by atoms with Gasteiger partial charge in [0, 0.05) is 5.02 Å². The first-order valence-electron chi connectivity index (χ1n) is 5.95. The number of hydrogen-bond acceptors (Lipinski definition) is 1. The Morgan fingerprint density at radius 1 is 0.957 bits per heavy atom. The van der Waals surface area contributed by atoms with Crippen LogP contribution in [0.4, 0.5) is 5.69 Å². The Kier molecular flexibility index (Phi) is 6.98. The zero-order valence-corrected chi connectivity index (χ0v) is 21.1. The molecular weight excluding hydrogens is 601 g/mol. The quantitative estimate of drug-likeness (QED) is 0.253. The summed E-state index contributed by atoms with van der Waals surface area (Å²) >= 11 is 18.1. The topological polar surface area (TPSA) is 15.0 Å². The molecule has 0 radical (unpaired) electrons. The molecule has 0 atom stereocenters. The standard InChI is InChI=1S/C11H12Cl3N2.6ClH.Sb/c1-11(2)3-4-16(15-11)10-8(13)5-7(12)6-9(10)14;;;;;;;/h4-6,15H,3H2,1-2H3;6*1H;/q+1;;;;;;;+5/p-6. The van der Waals surface area contributed by atoms with Gasteiger partial charge in [0.05, 0.1) is 12.0 Å². The molecule has 0 bridgehead atoms. The van der Waals surface area contributed by atoms with Crippen molar-refractivity contribution in [3.63, 3.8) is 0 Å². The number of nitrogens with zero attached hydrogens (tertiary/aromatic N) is 1. The van der Waals surface area contributed by atoms with Gasteiger partial charge in [-0.15, -0.1) is 0 Å². The summed E-state index contributed by atoms with van der Waals surface area (Å²) in [5.74, 6) is 0. The summed E-state index contributed by atoms with van der Waals surface area (Å²) in [6.45, 7) is 4.22. The fourth-order valence-corrected chi connectivity index (χ4v) is 2.65. The van der Waals surface area contributed by atoms with E-state index in [0.717, 1.165) is 12.1 Å². The van der Waals surface area contributed by atoms with E-state index in [1.165, 1.54) is 0 Å². The third kappa shape index (κ3) is 10.8. The van der Waals surface area contributed by atoms with Crippen molar-refractivity contribution in [3.05, 3.63) is 27.2 Å². The van der Waals surface area contributed by atoms with Crippen molar-refractivity contribution in [2.24, 2.45) is 0 Å². The minimum atomic E-state index is -5.42. The molecule has 0 saturated carbocycles. The van der Waals surface area contributed by atoms with Crippen molar-refractivity contribution >= 4 is 109 Å². The number of hydrogen-bond donors (Lipinski definition) is 1. The van der Waals surface area contributed by atoms with Crippen LogP contribution in [0.3, 0.4) is 0 Å². The predicted octanol–water partition coefficient (Wildman–Crippen LogP) is 7.80. The summed E-state index contributed by atoms with van der Waals surface area (Å²) in [7, 11) is 25.0. The molecule has 0 spiro atoms. The predicted molar refractivity (Wildman–Crippen MR) is 110 cm³/mol. The van der Waals surface area contributed by atoms with Crippen molar-refractivity contribution < 1.29 is 4.68 Å². The van der Waals surface area contributed by atoms with E-state index in [4.69, 9.17) is 87.8 Å². The Balaban J connectivity index is 0.000000322. The third-order valence-corrected chi connectivity index (χ3v) is 3.22. The second kappa shape index (κ2) is 6.93. The zero-order valence-electron chi connectivity index (χ0n) is 11.7. The van der Waals surface area contributed by atoms with Gasteiger partial charge in [-0.2, -0.15) is 5.43 Å². The molecule has 1 aromatic rings. The number of halogens is 9. The molecule has 0 amide bonds. The second-order valence-electron chi connectivity index (χ2n) is 5.43. The van der Waals surface area contributed by atoms with Crippen LogP contribution in [-0.4, -0.2) is 25.6 Å². The third-order valence-electron chi connectivity index (χ3n) is 2.43. The minimum absolute atomic E-state index is 0.0201. The summed E-state index contributed by atoms with van der Waals surface area (Å²) in [5.41, 5.74) is 4.08. The van der Waals surface area contributed by atoms with Crippen molar-refractivity contribution in [1.29, 1.82) is 0 Å². The Morgan fingerprint density at radius 3 is 1.65 bits per heavy atom. The van der Waals surface area contributed by atoms with Gasteiger partial charge in [-0.3, -0.25) is 0 Å². The van der Waals surface area contributed by atoms with Crippen LogP contribution >= 0.6 is 87.8 Å². The van der Waals surface area contributed by atoms with Crippen molar-refractivity contribution in [2.45, 2.75) is 25.8 Å². The van der Waals surface area contributed by atoms with Crippen LogP contribution in [0.5, 0.6) is 0 Å². The molecule has 1 aromatic carbocycles. The van der Waals surface area contributed by atoms with Crippen LogP contribution in [0.25, 0.3) is 0 Å². The first-order chi connectivity index (χ1) is 9.84. The number of nitrogens with one attached hydrogen (secondary N) is 1. The van der Waals surface area contributed by atoms with Crippen molar-refractivity contribution in [2.75, 3.05) is 0 Å². The van der Waals surface area contributed by atoms with E-state index < -0.39 is 9.14 Å². The normalized spacial score (nSPS) is 19.7. The molecule has 0 unspecified atom stereocenters. The molecule has 1 N–H and O–H groups in total. The Hall–Kier alpha value is 2.12. The molecule has 1 heterocycles. The van der Waals surface area contributed by atoms with Gasteiger partial charge in [0.25, 0.3) is 5.69 Å². The van der Waals surface area contributed by atoms with Gasteiger partial charge >= 0.3 is 62.1 Å². The van der Waals surface area contributed by atoms with Gasteiger partial charge in [-0.1, -0.05) is 39.5 Å². The number of hydrazine groups is 1. The monoisotopic (exact) mass is 608 g/mol. The SMILES string of the molecule is CC1(C)CC=[N+](c2c(Cl)cc(Cl)cc2Cl)N1.[Cl][Sb-]([Cl])([Cl])([Cl])([Cl])[Cl]. The average Bonchev–Trinajstić information content (AvgIpc) is 2.52. The molecule has 2 nitrogen and oxygen atoms in total. The maximum absolute atomic E-state index is 6.14. The van der Waals surface area contributed by atoms with Crippen LogP contribution in [0.1, 0.15) is 20.3 Å². The van der Waals surface area contributed by atoms with Crippen LogP contribution in [0.2, 0.25) is 15.1 Å². The van der Waals surface area contributed by atoms with E-state index in [1.807, 2.05) is 10.9 Å².